The lowest BCUT2D eigenvalue weighted by Gasteiger charge is -2.19. The fourth-order valence-electron chi connectivity index (χ4n) is 1.46. The molecule has 2 unspecified atom stereocenters. The maximum absolute atomic E-state index is 9.90. The Kier molecular flexibility index (Phi) is 4.88. The van der Waals surface area contributed by atoms with E-state index in [4.69, 9.17) is 0 Å². The summed E-state index contributed by atoms with van der Waals surface area (Å²) >= 11 is 4.02. The smallest absolute Gasteiger partial charge is 0.105 e. The fraction of sp³-hybridized carbons (Fsp3) is 0.333. The van der Waals surface area contributed by atoms with E-state index in [1.807, 2.05) is 18.2 Å². The second kappa shape index (κ2) is 5.95. The lowest BCUT2D eigenvalue weighted by molar-refractivity contribution is 0.0171. The lowest BCUT2D eigenvalue weighted by Crippen LogP contribution is -2.19. The molecule has 0 radical (unpaired) electrons. The van der Waals surface area contributed by atoms with Gasteiger partial charge in [-0.1, -0.05) is 36.9 Å². The molecule has 2 nitrogen and oxygen atoms in total. The van der Waals surface area contributed by atoms with Crippen molar-refractivity contribution in [2.75, 3.05) is 5.75 Å². The molecule has 1 aromatic carbocycles. The second-order valence-corrected chi connectivity index (χ2v) is 3.80. The zero-order valence-corrected chi connectivity index (χ0v) is 9.40. The minimum absolute atomic E-state index is 0.468. The number of hydrogen-bond donors (Lipinski definition) is 3. The van der Waals surface area contributed by atoms with E-state index in [1.54, 1.807) is 12.1 Å². The Morgan fingerprint density at radius 2 is 2.00 bits per heavy atom. The van der Waals surface area contributed by atoms with Crippen molar-refractivity contribution in [1.82, 2.24) is 0 Å². The van der Waals surface area contributed by atoms with Crippen molar-refractivity contribution in [3.8, 4) is 0 Å². The van der Waals surface area contributed by atoms with E-state index in [9.17, 15) is 10.2 Å². The summed E-state index contributed by atoms with van der Waals surface area (Å²) in [6.07, 6.45) is 0.497. The van der Waals surface area contributed by atoms with Crippen LogP contribution in [-0.4, -0.2) is 22.1 Å². The largest absolute Gasteiger partial charge is 0.390 e. The molecule has 2 atom stereocenters. The third kappa shape index (κ3) is 3.09. The first kappa shape index (κ1) is 12.3. The summed E-state index contributed by atoms with van der Waals surface area (Å²) in [6.45, 7) is 3.67. The van der Waals surface area contributed by atoms with Crippen LogP contribution in [0.5, 0.6) is 0 Å². The summed E-state index contributed by atoms with van der Waals surface area (Å²) in [5.74, 6) is 0.550. The first-order chi connectivity index (χ1) is 7.20. The van der Waals surface area contributed by atoms with Gasteiger partial charge in [0, 0.05) is 0 Å². The molecule has 0 amide bonds. The first-order valence-corrected chi connectivity index (χ1v) is 5.52. The molecule has 3 heteroatoms. The van der Waals surface area contributed by atoms with Gasteiger partial charge in [0.2, 0.25) is 0 Å². The molecular weight excluding hydrogens is 208 g/mol. The summed E-state index contributed by atoms with van der Waals surface area (Å²) in [6, 6.07) is 7.36. The van der Waals surface area contributed by atoms with Gasteiger partial charge in [-0.25, -0.2) is 0 Å². The molecule has 0 heterocycles. The molecule has 15 heavy (non-hydrogen) atoms. The summed E-state index contributed by atoms with van der Waals surface area (Å²) in [5, 5.41) is 19.6. The van der Waals surface area contributed by atoms with Crippen molar-refractivity contribution in [2.45, 2.75) is 18.6 Å². The molecule has 2 N–H and O–H groups in total. The van der Waals surface area contributed by atoms with Gasteiger partial charge in [-0.2, -0.15) is 12.6 Å². The average Bonchev–Trinajstić information content (AvgIpc) is 2.28. The Labute approximate surface area is 95.7 Å². The maximum atomic E-state index is 9.90. The zero-order chi connectivity index (χ0) is 11.3. The van der Waals surface area contributed by atoms with Crippen molar-refractivity contribution in [3.05, 3.63) is 42.0 Å². The highest BCUT2D eigenvalue weighted by molar-refractivity contribution is 7.80. The Hall–Kier alpha value is -0.770. The van der Waals surface area contributed by atoms with E-state index in [-0.39, 0.29) is 0 Å². The van der Waals surface area contributed by atoms with Crippen LogP contribution in [0, 0.1) is 0 Å². The Morgan fingerprint density at radius 3 is 2.60 bits per heavy atom. The lowest BCUT2D eigenvalue weighted by atomic mass is 9.97. The summed E-state index contributed by atoms with van der Waals surface area (Å²) in [4.78, 5) is 0. The van der Waals surface area contributed by atoms with Gasteiger partial charge < -0.3 is 10.2 Å². The quantitative estimate of drug-likeness (QED) is 0.670. The minimum atomic E-state index is -0.869. The molecule has 0 saturated carbocycles. The van der Waals surface area contributed by atoms with Gasteiger partial charge in [-0.3, -0.25) is 0 Å². The molecule has 0 aliphatic heterocycles. The summed E-state index contributed by atoms with van der Waals surface area (Å²) in [7, 11) is 0. The average molecular weight is 224 g/mol. The highest BCUT2D eigenvalue weighted by atomic mass is 32.1. The molecule has 0 saturated heterocycles. The van der Waals surface area contributed by atoms with E-state index < -0.39 is 12.2 Å². The van der Waals surface area contributed by atoms with Crippen LogP contribution in [0.2, 0.25) is 0 Å². The van der Waals surface area contributed by atoms with Crippen LogP contribution in [-0.2, 0) is 0 Å². The normalized spacial score (nSPS) is 14.6. The third-order valence-electron chi connectivity index (χ3n) is 2.32. The molecule has 0 aliphatic carbocycles. The highest BCUT2D eigenvalue weighted by Gasteiger charge is 2.18. The number of thiol groups is 1. The van der Waals surface area contributed by atoms with Gasteiger partial charge in [-0.15, -0.1) is 0 Å². The van der Waals surface area contributed by atoms with Crippen molar-refractivity contribution in [1.29, 1.82) is 0 Å². The molecule has 0 fully saturated rings. The molecule has 1 rings (SSSR count). The Bertz CT molecular complexity index is 325. The minimum Gasteiger partial charge on any atom is -0.390 e. The number of hydrogen-bond acceptors (Lipinski definition) is 3. The molecule has 82 valence electrons. The second-order valence-electron chi connectivity index (χ2n) is 3.36. The number of benzene rings is 1. The van der Waals surface area contributed by atoms with Crippen molar-refractivity contribution < 1.29 is 10.2 Å². The van der Waals surface area contributed by atoms with Gasteiger partial charge in [0.1, 0.15) is 6.10 Å². The SMILES string of the molecule is C=Cc1ccccc1C(O)C(O)CCS. The van der Waals surface area contributed by atoms with Gasteiger partial charge in [0.25, 0.3) is 0 Å². The van der Waals surface area contributed by atoms with Crippen LogP contribution in [0.3, 0.4) is 0 Å². The van der Waals surface area contributed by atoms with Crippen LogP contribution in [0.15, 0.2) is 30.8 Å². The van der Waals surface area contributed by atoms with Crippen LogP contribution in [0.4, 0.5) is 0 Å². The van der Waals surface area contributed by atoms with Crippen LogP contribution in [0.1, 0.15) is 23.7 Å². The summed E-state index contributed by atoms with van der Waals surface area (Å²) < 4.78 is 0. The van der Waals surface area contributed by atoms with Crippen LogP contribution < -0.4 is 0 Å². The van der Waals surface area contributed by atoms with Crippen molar-refractivity contribution in [2.24, 2.45) is 0 Å². The molecule has 1 aromatic rings. The number of rotatable bonds is 5. The zero-order valence-electron chi connectivity index (χ0n) is 8.50. The molecule has 0 aromatic heterocycles. The van der Waals surface area contributed by atoms with Crippen LogP contribution >= 0.6 is 12.6 Å². The molecule has 0 bridgehead atoms. The summed E-state index contributed by atoms with van der Waals surface area (Å²) in [5.41, 5.74) is 1.56. The van der Waals surface area contributed by atoms with Crippen LogP contribution in [0.25, 0.3) is 6.08 Å². The monoisotopic (exact) mass is 224 g/mol. The fourth-order valence-corrected chi connectivity index (χ4v) is 1.73. The van der Waals surface area contributed by atoms with E-state index in [2.05, 4.69) is 19.2 Å². The van der Waals surface area contributed by atoms with E-state index in [1.165, 1.54) is 0 Å². The maximum Gasteiger partial charge on any atom is 0.105 e. The van der Waals surface area contributed by atoms with E-state index in [0.29, 0.717) is 17.7 Å². The van der Waals surface area contributed by atoms with Crippen molar-refractivity contribution >= 4 is 18.7 Å². The predicted molar refractivity (Wildman–Crippen MR) is 66.0 cm³/mol. The Balaban J connectivity index is 2.89. The topological polar surface area (TPSA) is 40.5 Å². The molecule has 0 spiro atoms. The van der Waals surface area contributed by atoms with E-state index >= 15 is 0 Å². The van der Waals surface area contributed by atoms with Gasteiger partial charge in [0.05, 0.1) is 6.10 Å². The molecular formula is C12H16O2S. The van der Waals surface area contributed by atoms with Gasteiger partial charge in [-0.05, 0) is 23.3 Å². The predicted octanol–water partition coefficient (Wildman–Crippen LogP) is 2.04. The Morgan fingerprint density at radius 1 is 1.33 bits per heavy atom. The van der Waals surface area contributed by atoms with Gasteiger partial charge in [0.15, 0.2) is 0 Å². The van der Waals surface area contributed by atoms with Crippen molar-refractivity contribution in [3.63, 3.8) is 0 Å². The standard InChI is InChI=1S/C12H16O2S/c1-2-9-5-3-4-6-10(9)12(14)11(13)7-8-15/h2-6,11-15H,1,7-8H2. The van der Waals surface area contributed by atoms with Gasteiger partial charge >= 0.3 is 0 Å². The van der Waals surface area contributed by atoms with E-state index in [0.717, 1.165) is 5.56 Å². The number of aliphatic hydroxyl groups excluding tert-OH is 2. The highest BCUT2D eigenvalue weighted by Crippen LogP contribution is 2.23. The third-order valence-corrected chi connectivity index (χ3v) is 2.58. The number of aliphatic hydroxyl groups is 2. The molecule has 0 aliphatic rings. The first-order valence-electron chi connectivity index (χ1n) is 4.89.